The van der Waals surface area contributed by atoms with E-state index in [1.807, 2.05) is 6.92 Å². The fourth-order valence-corrected chi connectivity index (χ4v) is 2.43. The van der Waals surface area contributed by atoms with Gasteiger partial charge in [0.1, 0.15) is 5.69 Å². The van der Waals surface area contributed by atoms with Crippen LogP contribution in [0.2, 0.25) is 0 Å². The lowest BCUT2D eigenvalue weighted by Crippen LogP contribution is -2.40. The minimum atomic E-state index is -0.901. The molecule has 0 aliphatic heterocycles. The highest BCUT2D eigenvalue weighted by atomic mass is 79.9. The molecule has 100 valence electrons. The summed E-state index contributed by atoms with van der Waals surface area (Å²) in [6.45, 7) is 4.07. The highest BCUT2D eigenvalue weighted by Gasteiger charge is 2.23. The summed E-state index contributed by atoms with van der Waals surface area (Å²) >= 11 is 3.31. The van der Waals surface area contributed by atoms with Crippen LogP contribution in [-0.4, -0.2) is 39.0 Å². The number of hydrogen-bond acceptors (Lipinski definition) is 2. The third kappa shape index (κ3) is 3.35. The van der Waals surface area contributed by atoms with Gasteiger partial charge < -0.3 is 14.6 Å². The first-order chi connectivity index (χ1) is 8.36. The number of halogens is 1. The first kappa shape index (κ1) is 14.8. The molecule has 1 N–H and O–H groups in total. The van der Waals surface area contributed by atoms with Gasteiger partial charge in [-0.3, -0.25) is 9.59 Å². The van der Waals surface area contributed by atoms with Gasteiger partial charge in [-0.15, -0.1) is 0 Å². The molecular weight excluding hydrogens is 300 g/mol. The second kappa shape index (κ2) is 6.04. The number of carbonyl (C=O) groups is 2. The average Bonchev–Trinajstić information content (AvgIpc) is 2.57. The van der Waals surface area contributed by atoms with Crippen molar-refractivity contribution in [1.29, 1.82) is 0 Å². The molecule has 0 saturated carbocycles. The molecule has 0 radical (unpaired) electrons. The number of rotatable bonds is 5. The summed E-state index contributed by atoms with van der Waals surface area (Å²) in [4.78, 5) is 24.6. The van der Waals surface area contributed by atoms with Crippen molar-refractivity contribution in [2.24, 2.45) is 7.05 Å². The van der Waals surface area contributed by atoms with Gasteiger partial charge in [0, 0.05) is 30.3 Å². The summed E-state index contributed by atoms with van der Waals surface area (Å²) in [5.74, 6) is -1.05. The van der Waals surface area contributed by atoms with Gasteiger partial charge in [-0.05, 0) is 35.8 Å². The van der Waals surface area contributed by atoms with Crippen LogP contribution in [0.15, 0.2) is 16.7 Å². The highest BCUT2D eigenvalue weighted by molar-refractivity contribution is 9.10. The van der Waals surface area contributed by atoms with Gasteiger partial charge in [-0.2, -0.15) is 0 Å². The number of hydrogen-bond donors (Lipinski definition) is 1. The number of carboxylic acids is 1. The van der Waals surface area contributed by atoms with Crippen molar-refractivity contribution in [2.45, 2.75) is 26.3 Å². The molecule has 1 rings (SSSR count). The smallest absolute Gasteiger partial charge is 0.305 e. The van der Waals surface area contributed by atoms with E-state index in [9.17, 15) is 9.59 Å². The van der Waals surface area contributed by atoms with Crippen molar-refractivity contribution in [3.05, 3.63) is 22.4 Å². The molecule has 0 fully saturated rings. The lowest BCUT2D eigenvalue weighted by molar-refractivity contribution is -0.138. The van der Waals surface area contributed by atoms with Gasteiger partial charge in [-0.1, -0.05) is 0 Å². The van der Waals surface area contributed by atoms with Gasteiger partial charge in [0.2, 0.25) is 0 Å². The fraction of sp³-hybridized carbons (Fsp3) is 0.500. The molecule has 0 aromatic carbocycles. The third-order valence-electron chi connectivity index (χ3n) is 2.79. The predicted octanol–water partition coefficient (Wildman–Crippen LogP) is 2.11. The number of carbonyl (C=O) groups excluding carboxylic acids is 1. The SMILES string of the molecule is CCN(C(=O)c1cc(Br)cn1C)C(C)CC(=O)O. The van der Waals surface area contributed by atoms with Crippen molar-refractivity contribution < 1.29 is 14.7 Å². The fourth-order valence-electron chi connectivity index (χ4n) is 1.90. The standard InChI is InChI=1S/C12H17BrN2O3/c1-4-15(8(2)5-11(16)17)12(18)10-6-9(13)7-14(10)3/h6-8H,4-5H2,1-3H3,(H,16,17). The quantitative estimate of drug-likeness (QED) is 0.905. The lowest BCUT2D eigenvalue weighted by atomic mass is 10.2. The van der Waals surface area contributed by atoms with Gasteiger partial charge in [-0.25, -0.2) is 0 Å². The van der Waals surface area contributed by atoms with Crippen molar-refractivity contribution in [3.8, 4) is 0 Å². The Hall–Kier alpha value is -1.30. The molecule has 18 heavy (non-hydrogen) atoms. The van der Waals surface area contributed by atoms with Crippen LogP contribution in [0.5, 0.6) is 0 Å². The summed E-state index contributed by atoms with van der Waals surface area (Å²) in [6.07, 6.45) is 1.74. The zero-order valence-electron chi connectivity index (χ0n) is 10.7. The monoisotopic (exact) mass is 316 g/mol. The number of aliphatic carboxylic acids is 1. The van der Waals surface area contributed by atoms with Crippen LogP contribution in [0.25, 0.3) is 0 Å². The van der Waals surface area contributed by atoms with E-state index in [1.54, 1.807) is 35.7 Å². The number of amides is 1. The van der Waals surface area contributed by atoms with E-state index in [0.29, 0.717) is 12.2 Å². The minimum absolute atomic E-state index is 0.0504. The van der Waals surface area contributed by atoms with Crippen LogP contribution in [0.1, 0.15) is 30.8 Å². The Kier molecular flexibility index (Phi) is 4.95. The van der Waals surface area contributed by atoms with E-state index in [4.69, 9.17) is 5.11 Å². The molecule has 1 aromatic heterocycles. The van der Waals surface area contributed by atoms with Crippen molar-refractivity contribution in [1.82, 2.24) is 9.47 Å². The molecule has 6 heteroatoms. The maximum Gasteiger partial charge on any atom is 0.305 e. The molecule has 0 aliphatic rings. The Balaban J connectivity index is 2.92. The Morgan fingerprint density at radius 3 is 2.56 bits per heavy atom. The number of nitrogens with zero attached hydrogens (tertiary/aromatic N) is 2. The summed E-state index contributed by atoms with van der Waals surface area (Å²) in [6, 6.07) is 1.41. The zero-order valence-corrected chi connectivity index (χ0v) is 12.3. The molecule has 0 spiro atoms. The molecule has 1 heterocycles. The summed E-state index contributed by atoms with van der Waals surface area (Å²) < 4.78 is 2.55. The van der Waals surface area contributed by atoms with E-state index in [-0.39, 0.29) is 18.4 Å². The van der Waals surface area contributed by atoms with Crippen LogP contribution in [0, 0.1) is 0 Å². The van der Waals surface area contributed by atoms with Crippen LogP contribution in [0.4, 0.5) is 0 Å². The number of aromatic nitrogens is 1. The van der Waals surface area contributed by atoms with E-state index in [0.717, 1.165) is 4.47 Å². The normalized spacial score (nSPS) is 12.2. The van der Waals surface area contributed by atoms with Gasteiger partial charge in [0.05, 0.1) is 6.42 Å². The second-order valence-electron chi connectivity index (χ2n) is 4.19. The maximum absolute atomic E-state index is 12.3. The Bertz CT molecular complexity index is 456. The summed E-state index contributed by atoms with van der Waals surface area (Å²) in [5.41, 5.74) is 0.543. The molecule has 0 saturated heterocycles. The molecule has 1 aromatic rings. The summed E-state index contributed by atoms with van der Waals surface area (Å²) in [7, 11) is 1.79. The average molecular weight is 317 g/mol. The first-order valence-corrected chi connectivity index (χ1v) is 6.50. The largest absolute Gasteiger partial charge is 0.481 e. The topological polar surface area (TPSA) is 62.5 Å². The molecule has 1 amide bonds. The molecule has 0 aliphatic carbocycles. The predicted molar refractivity (Wildman–Crippen MR) is 71.5 cm³/mol. The Morgan fingerprint density at radius 2 is 2.17 bits per heavy atom. The van der Waals surface area contributed by atoms with Crippen LogP contribution < -0.4 is 0 Å². The van der Waals surface area contributed by atoms with Crippen LogP contribution >= 0.6 is 15.9 Å². The third-order valence-corrected chi connectivity index (χ3v) is 3.23. The van der Waals surface area contributed by atoms with Crippen molar-refractivity contribution >= 4 is 27.8 Å². The minimum Gasteiger partial charge on any atom is -0.481 e. The molecular formula is C12H17BrN2O3. The Morgan fingerprint density at radius 1 is 1.56 bits per heavy atom. The van der Waals surface area contributed by atoms with E-state index >= 15 is 0 Å². The van der Waals surface area contributed by atoms with Crippen LogP contribution in [-0.2, 0) is 11.8 Å². The first-order valence-electron chi connectivity index (χ1n) is 5.71. The van der Waals surface area contributed by atoms with E-state index in [1.165, 1.54) is 0 Å². The van der Waals surface area contributed by atoms with Crippen molar-refractivity contribution in [3.63, 3.8) is 0 Å². The van der Waals surface area contributed by atoms with E-state index < -0.39 is 5.97 Å². The second-order valence-corrected chi connectivity index (χ2v) is 5.11. The van der Waals surface area contributed by atoms with Gasteiger partial charge in [0.25, 0.3) is 5.91 Å². The van der Waals surface area contributed by atoms with Gasteiger partial charge >= 0.3 is 5.97 Å². The summed E-state index contributed by atoms with van der Waals surface area (Å²) in [5, 5.41) is 8.79. The Labute approximate surface area is 115 Å². The number of carboxylic acid groups (broad SMARTS) is 1. The van der Waals surface area contributed by atoms with Crippen LogP contribution in [0.3, 0.4) is 0 Å². The molecule has 5 nitrogen and oxygen atoms in total. The van der Waals surface area contributed by atoms with Gasteiger partial charge in [0.15, 0.2) is 0 Å². The zero-order chi connectivity index (χ0) is 13.9. The molecule has 1 unspecified atom stereocenters. The lowest BCUT2D eigenvalue weighted by Gasteiger charge is -2.27. The van der Waals surface area contributed by atoms with E-state index in [2.05, 4.69) is 15.9 Å². The molecule has 0 bridgehead atoms. The number of aryl methyl sites for hydroxylation is 1. The van der Waals surface area contributed by atoms with Crippen molar-refractivity contribution in [2.75, 3.05) is 6.54 Å². The maximum atomic E-state index is 12.3. The highest BCUT2D eigenvalue weighted by Crippen LogP contribution is 2.17. The molecule has 1 atom stereocenters.